The monoisotopic (exact) mass is 418 g/mol. The zero-order chi connectivity index (χ0) is 20.7. The second kappa shape index (κ2) is 9.68. The molecule has 0 aliphatic heterocycles. The minimum Gasteiger partial charge on any atom is -0.311 e. The van der Waals surface area contributed by atoms with Gasteiger partial charge in [-0.3, -0.25) is 4.79 Å². The maximum atomic E-state index is 12.7. The van der Waals surface area contributed by atoms with E-state index >= 15 is 0 Å². The summed E-state index contributed by atoms with van der Waals surface area (Å²) in [6.07, 6.45) is 1.52. The molecule has 2 aromatic rings. The number of anilines is 1. The van der Waals surface area contributed by atoms with E-state index in [0.29, 0.717) is 11.6 Å². The van der Waals surface area contributed by atoms with Crippen molar-refractivity contribution >= 4 is 33.4 Å². The van der Waals surface area contributed by atoms with E-state index in [9.17, 15) is 13.2 Å². The molecule has 1 amide bonds. The van der Waals surface area contributed by atoms with Crippen molar-refractivity contribution in [2.45, 2.75) is 23.3 Å². The lowest BCUT2D eigenvalue weighted by Gasteiger charge is -2.21. The van der Waals surface area contributed by atoms with Crippen LogP contribution >= 0.6 is 11.8 Å². The minimum absolute atomic E-state index is 0.100. The highest BCUT2D eigenvalue weighted by molar-refractivity contribution is 7.99. The van der Waals surface area contributed by atoms with Crippen molar-refractivity contribution in [1.82, 2.24) is 9.29 Å². The number of nitriles is 1. The van der Waals surface area contributed by atoms with Gasteiger partial charge in [-0.05, 0) is 31.2 Å². The number of aromatic nitrogens is 1. The molecule has 0 radical (unpaired) electrons. The topological polar surface area (TPSA) is 94.4 Å². The predicted molar refractivity (Wildman–Crippen MR) is 110 cm³/mol. The van der Waals surface area contributed by atoms with Crippen LogP contribution < -0.4 is 4.90 Å². The molecule has 28 heavy (non-hydrogen) atoms. The molecule has 0 aliphatic rings. The summed E-state index contributed by atoms with van der Waals surface area (Å²) < 4.78 is 25.3. The Morgan fingerprint density at radius 2 is 1.86 bits per heavy atom. The summed E-state index contributed by atoms with van der Waals surface area (Å²) >= 11 is 1.22. The molecule has 0 bridgehead atoms. The van der Waals surface area contributed by atoms with Crippen LogP contribution in [-0.4, -0.2) is 50.0 Å². The van der Waals surface area contributed by atoms with E-state index in [-0.39, 0.29) is 23.0 Å². The summed E-state index contributed by atoms with van der Waals surface area (Å²) in [7, 11) is -0.621. The number of rotatable bonds is 8. The SMILES string of the molecule is Cc1ccc(N(CCC#N)C(=O)CSc2ccc(S(=O)(=O)N(C)C)cn2)cc1. The van der Waals surface area contributed by atoms with Crippen LogP contribution in [0.4, 0.5) is 5.69 Å². The number of sulfonamides is 1. The fraction of sp³-hybridized carbons (Fsp3) is 0.316. The van der Waals surface area contributed by atoms with Crippen LogP contribution in [-0.2, 0) is 14.8 Å². The van der Waals surface area contributed by atoms with Crippen LogP contribution in [0.3, 0.4) is 0 Å². The molecule has 7 nitrogen and oxygen atoms in total. The molecule has 0 atom stereocenters. The Bertz CT molecular complexity index is 950. The number of amides is 1. The van der Waals surface area contributed by atoms with Gasteiger partial charge >= 0.3 is 0 Å². The molecule has 1 heterocycles. The second-order valence-corrected chi connectivity index (χ2v) is 9.34. The van der Waals surface area contributed by atoms with Gasteiger partial charge in [-0.15, -0.1) is 0 Å². The van der Waals surface area contributed by atoms with Gasteiger partial charge in [0.2, 0.25) is 15.9 Å². The number of pyridine rings is 1. The zero-order valence-electron chi connectivity index (χ0n) is 16.0. The largest absolute Gasteiger partial charge is 0.311 e. The number of thioether (sulfide) groups is 1. The van der Waals surface area contributed by atoms with E-state index in [1.165, 1.54) is 38.1 Å². The maximum absolute atomic E-state index is 12.7. The molecule has 2 rings (SSSR count). The van der Waals surface area contributed by atoms with Crippen molar-refractivity contribution < 1.29 is 13.2 Å². The van der Waals surface area contributed by atoms with Crippen molar-refractivity contribution in [3.05, 3.63) is 48.2 Å². The van der Waals surface area contributed by atoms with Crippen LogP contribution in [0.2, 0.25) is 0 Å². The van der Waals surface area contributed by atoms with Gasteiger partial charge < -0.3 is 4.90 Å². The molecule has 0 saturated carbocycles. The van der Waals surface area contributed by atoms with Gasteiger partial charge in [0.1, 0.15) is 4.90 Å². The minimum atomic E-state index is -3.53. The standard InChI is InChI=1S/C19H22N4O3S2/c1-15-5-7-16(8-6-15)23(12-4-11-20)19(24)14-27-18-10-9-17(13-21-18)28(25,26)22(2)3/h5-10,13H,4,12,14H2,1-3H3. The van der Waals surface area contributed by atoms with E-state index in [0.717, 1.165) is 15.6 Å². The molecule has 0 aliphatic carbocycles. The Kier molecular flexibility index (Phi) is 7.57. The van der Waals surface area contributed by atoms with E-state index in [4.69, 9.17) is 5.26 Å². The molecule has 0 fully saturated rings. The first-order chi connectivity index (χ1) is 13.3. The maximum Gasteiger partial charge on any atom is 0.244 e. The highest BCUT2D eigenvalue weighted by atomic mass is 32.2. The summed E-state index contributed by atoms with van der Waals surface area (Å²) in [5.41, 5.74) is 1.83. The first-order valence-electron chi connectivity index (χ1n) is 8.51. The molecule has 0 spiro atoms. The molecule has 0 N–H and O–H groups in total. The van der Waals surface area contributed by atoms with Gasteiger partial charge in [-0.2, -0.15) is 5.26 Å². The van der Waals surface area contributed by atoms with Crippen LogP contribution in [0, 0.1) is 18.3 Å². The number of aryl methyl sites for hydroxylation is 1. The van der Waals surface area contributed by atoms with Gasteiger partial charge in [0.05, 0.1) is 23.3 Å². The Morgan fingerprint density at radius 3 is 2.39 bits per heavy atom. The van der Waals surface area contributed by atoms with E-state index < -0.39 is 10.0 Å². The number of carbonyl (C=O) groups is 1. The lowest BCUT2D eigenvalue weighted by atomic mass is 10.2. The van der Waals surface area contributed by atoms with Crippen molar-refractivity contribution in [2.24, 2.45) is 0 Å². The van der Waals surface area contributed by atoms with Crippen molar-refractivity contribution in [1.29, 1.82) is 5.26 Å². The van der Waals surface area contributed by atoms with Gasteiger partial charge in [0.25, 0.3) is 0 Å². The second-order valence-electron chi connectivity index (χ2n) is 6.20. The van der Waals surface area contributed by atoms with Crippen molar-refractivity contribution in [2.75, 3.05) is 31.3 Å². The predicted octanol–water partition coefficient (Wildman–Crippen LogP) is 2.68. The first kappa shape index (κ1) is 21.9. The third kappa shape index (κ3) is 5.55. The third-order valence-electron chi connectivity index (χ3n) is 3.93. The summed E-state index contributed by atoms with van der Waals surface area (Å²) in [5.74, 6) is -0.0117. The first-order valence-corrected chi connectivity index (χ1v) is 10.9. The quantitative estimate of drug-likeness (QED) is 0.612. The molecule has 148 valence electrons. The smallest absolute Gasteiger partial charge is 0.244 e. The Morgan fingerprint density at radius 1 is 1.18 bits per heavy atom. The number of nitrogens with zero attached hydrogens (tertiary/aromatic N) is 4. The summed E-state index contributed by atoms with van der Waals surface area (Å²) in [6.45, 7) is 2.28. The van der Waals surface area contributed by atoms with Gasteiger partial charge in [-0.1, -0.05) is 29.5 Å². The fourth-order valence-corrected chi connectivity index (χ4v) is 3.88. The normalized spacial score (nSPS) is 11.2. The van der Waals surface area contributed by atoms with Gasteiger partial charge in [-0.25, -0.2) is 17.7 Å². The van der Waals surface area contributed by atoms with Crippen LogP contribution in [0.15, 0.2) is 52.5 Å². The zero-order valence-corrected chi connectivity index (χ0v) is 17.6. The molecule has 1 aromatic carbocycles. The Hall–Kier alpha value is -2.41. The highest BCUT2D eigenvalue weighted by Gasteiger charge is 2.19. The average Bonchev–Trinajstić information content (AvgIpc) is 2.68. The lowest BCUT2D eigenvalue weighted by molar-refractivity contribution is -0.116. The van der Waals surface area contributed by atoms with E-state index in [1.807, 2.05) is 31.2 Å². The highest BCUT2D eigenvalue weighted by Crippen LogP contribution is 2.21. The Balaban J connectivity index is 2.07. The molecular weight excluding hydrogens is 396 g/mol. The molecule has 0 saturated heterocycles. The number of hydrogen-bond acceptors (Lipinski definition) is 6. The van der Waals surface area contributed by atoms with Crippen molar-refractivity contribution in [3.63, 3.8) is 0 Å². The van der Waals surface area contributed by atoms with Crippen LogP contribution in [0.1, 0.15) is 12.0 Å². The fourth-order valence-electron chi connectivity index (χ4n) is 2.31. The third-order valence-corrected chi connectivity index (χ3v) is 6.65. The number of benzene rings is 1. The Labute approximate surface area is 170 Å². The molecule has 9 heteroatoms. The lowest BCUT2D eigenvalue weighted by Crippen LogP contribution is -2.33. The van der Waals surface area contributed by atoms with E-state index in [2.05, 4.69) is 11.1 Å². The van der Waals surface area contributed by atoms with Gasteiger partial charge in [0.15, 0.2) is 0 Å². The molecule has 0 unspecified atom stereocenters. The van der Waals surface area contributed by atoms with Crippen LogP contribution in [0.5, 0.6) is 0 Å². The summed E-state index contributed by atoms with van der Waals surface area (Å²) in [5, 5.41) is 9.42. The molecular formula is C19H22N4O3S2. The number of hydrogen-bond donors (Lipinski definition) is 0. The number of carbonyl (C=O) groups excluding carboxylic acids is 1. The van der Waals surface area contributed by atoms with Crippen molar-refractivity contribution in [3.8, 4) is 6.07 Å². The summed E-state index contributed by atoms with van der Waals surface area (Å²) in [4.78, 5) is 18.5. The summed E-state index contributed by atoms with van der Waals surface area (Å²) in [6, 6.07) is 12.7. The van der Waals surface area contributed by atoms with E-state index in [1.54, 1.807) is 11.0 Å². The molecule has 1 aromatic heterocycles. The average molecular weight is 419 g/mol. The van der Waals surface area contributed by atoms with Crippen LogP contribution in [0.25, 0.3) is 0 Å². The van der Waals surface area contributed by atoms with Gasteiger partial charge in [0, 0.05) is 32.5 Å².